The van der Waals surface area contributed by atoms with Gasteiger partial charge in [0.1, 0.15) is 17.1 Å². The number of hydrogen-bond donors (Lipinski definition) is 2. The molecule has 0 atom stereocenters. The molecule has 0 bridgehead atoms. The average Bonchev–Trinajstić information content (AvgIpc) is 2.94. The van der Waals surface area contributed by atoms with Gasteiger partial charge in [-0.1, -0.05) is 18.5 Å². The Morgan fingerprint density at radius 2 is 2.29 bits per heavy atom. The van der Waals surface area contributed by atoms with Crippen molar-refractivity contribution < 1.29 is 14.1 Å². The molecule has 1 aliphatic heterocycles. The largest absolute Gasteiger partial charge is 0.463 e. The number of aromatic nitrogens is 3. The summed E-state index contributed by atoms with van der Waals surface area (Å²) in [4.78, 5) is 22.2. The van der Waals surface area contributed by atoms with Crippen molar-refractivity contribution in [2.75, 3.05) is 29.1 Å². The Bertz CT molecular complexity index is 745. The van der Waals surface area contributed by atoms with E-state index in [0.717, 1.165) is 12.8 Å². The molecule has 3 rings (SSSR count). The molecule has 2 aromatic heterocycles. The fourth-order valence-electron chi connectivity index (χ4n) is 2.41. The normalized spacial score (nSPS) is 13.6. The van der Waals surface area contributed by atoms with E-state index in [0.29, 0.717) is 36.1 Å². The van der Waals surface area contributed by atoms with Crippen LogP contribution in [-0.2, 0) is 11.3 Å². The number of amides is 1. The molecule has 0 aliphatic carbocycles. The summed E-state index contributed by atoms with van der Waals surface area (Å²) < 4.78 is 10.6. The van der Waals surface area contributed by atoms with Crippen molar-refractivity contribution in [3.8, 4) is 6.01 Å². The van der Waals surface area contributed by atoms with E-state index < -0.39 is 0 Å². The molecule has 24 heavy (non-hydrogen) atoms. The van der Waals surface area contributed by atoms with Gasteiger partial charge in [-0.05, 0) is 13.3 Å². The highest BCUT2D eigenvalue weighted by atomic mass is 16.5. The molecule has 0 spiro atoms. The van der Waals surface area contributed by atoms with Gasteiger partial charge in [0.25, 0.3) is 0 Å². The summed E-state index contributed by atoms with van der Waals surface area (Å²) in [6.45, 7) is 4.92. The third-order valence-electron chi connectivity index (χ3n) is 3.55. The van der Waals surface area contributed by atoms with E-state index >= 15 is 0 Å². The molecule has 0 aromatic carbocycles. The minimum atomic E-state index is -0.183. The lowest BCUT2D eigenvalue weighted by molar-refractivity contribution is -0.115. The van der Waals surface area contributed by atoms with Crippen LogP contribution in [0.3, 0.4) is 0 Å². The van der Waals surface area contributed by atoms with Crippen molar-refractivity contribution in [2.24, 2.45) is 0 Å². The van der Waals surface area contributed by atoms with Crippen molar-refractivity contribution >= 4 is 23.2 Å². The molecule has 1 amide bonds. The highest BCUT2D eigenvalue weighted by Crippen LogP contribution is 2.34. The third kappa shape index (κ3) is 3.39. The Morgan fingerprint density at radius 3 is 3.00 bits per heavy atom. The quantitative estimate of drug-likeness (QED) is 0.764. The van der Waals surface area contributed by atoms with E-state index in [1.54, 1.807) is 4.90 Å². The Balaban J connectivity index is 1.88. The highest BCUT2D eigenvalue weighted by molar-refractivity contribution is 6.03. The minimum absolute atomic E-state index is 0.143. The summed E-state index contributed by atoms with van der Waals surface area (Å²) in [6, 6.07) is 2.02. The van der Waals surface area contributed by atoms with Crippen LogP contribution in [0.2, 0.25) is 0 Å². The van der Waals surface area contributed by atoms with E-state index in [4.69, 9.17) is 15.0 Å². The topological polar surface area (TPSA) is 119 Å². The van der Waals surface area contributed by atoms with Crippen LogP contribution in [0.15, 0.2) is 10.6 Å². The number of nitrogens with two attached hydrogens (primary N) is 1. The maximum absolute atomic E-state index is 11.9. The number of anilines is 3. The average molecular weight is 332 g/mol. The molecule has 9 heteroatoms. The van der Waals surface area contributed by atoms with Crippen molar-refractivity contribution in [1.82, 2.24) is 15.1 Å². The minimum Gasteiger partial charge on any atom is -0.463 e. The van der Waals surface area contributed by atoms with Gasteiger partial charge in [-0.3, -0.25) is 4.79 Å². The predicted octanol–water partition coefficient (Wildman–Crippen LogP) is 1.49. The second-order valence-corrected chi connectivity index (χ2v) is 5.63. The molecule has 2 aromatic rings. The molecule has 9 nitrogen and oxygen atoms in total. The lowest BCUT2D eigenvalue weighted by atomic mass is 10.2. The van der Waals surface area contributed by atoms with E-state index in [2.05, 4.69) is 27.4 Å². The van der Waals surface area contributed by atoms with Gasteiger partial charge in [-0.2, -0.15) is 9.97 Å². The van der Waals surface area contributed by atoms with Gasteiger partial charge >= 0.3 is 6.01 Å². The smallest absolute Gasteiger partial charge is 0.320 e. The summed E-state index contributed by atoms with van der Waals surface area (Å²) >= 11 is 0. The predicted molar refractivity (Wildman–Crippen MR) is 87.8 cm³/mol. The summed E-state index contributed by atoms with van der Waals surface area (Å²) in [6.07, 6.45) is 1.91. The summed E-state index contributed by atoms with van der Waals surface area (Å²) in [5.74, 6) is 1.23. The fourth-order valence-corrected chi connectivity index (χ4v) is 2.41. The molecule has 1 aliphatic rings. The van der Waals surface area contributed by atoms with Crippen LogP contribution in [0, 0.1) is 6.92 Å². The lowest BCUT2D eigenvalue weighted by Gasteiger charge is -2.29. The van der Waals surface area contributed by atoms with Crippen LogP contribution in [0.25, 0.3) is 0 Å². The maximum Gasteiger partial charge on any atom is 0.320 e. The highest BCUT2D eigenvalue weighted by Gasteiger charge is 2.28. The molecule has 0 saturated carbocycles. The first-order chi connectivity index (χ1) is 11.6. The second kappa shape index (κ2) is 6.73. The molecule has 3 N–H and O–H groups in total. The van der Waals surface area contributed by atoms with Gasteiger partial charge in [-0.15, -0.1) is 0 Å². The Labute approximate surface area is 139 Å². The number of nitrogen functional groups attached to an aromatic ring is 1. The van der Waals surface area contributed by atoms with Crippen LogP contribution in [0.4, 0.5) is 17.3 Å². The number of hydrogen-bond acceptors (Lipinski definition) is 8. The Hall–Kier alpha value is -2.84. The van der Waals surface area contributed by atoms with Crippen LogP contribution in [0.1, 0.15) is 31.2 Å². The number of unbranched alkanes of at least 4 members (excludes halogenated alkanes) is 1. The Morgan fingerprint density at radius 1 is 1.46 bits per heavy atom. The number of aryl methyl sites for hydroxylation is 1. The van der Waals surface area contributed by atoms with Crippen molar-refractivity contribution in [1.29, 1.82) is 0 Å². The summed E-state index contributed by atoms with van der Waals surface area (Å²) in [7, 11) is 0. The fraction of sp³-hybridized carbons (Fsp3) is 0.467. The van der Waals surface area contributed by atoms with E-state index in [1.807, 2.05) is 13.0 Å². The number of fused-ring (bicyclic) bond motifs is 1. The zero-order valence-corrected chi connectivity index (χ0v) is 13.7. The number of nitrogens with one attached hydrogen (secondary N) is 1. The molecule has 0 fully saturated rings. The van der Waals surface area contributed by atoms with Gasteiger partial charge in [0.2, 0.25) is 5.91 Å². The van der Waals surface area contributed by atoms with Crippen LogP contribution in [0.5, 0.6) is 6.01 Å². The number of ether oxygens (including phenoxy) is 1. The molecule has 3 heterocycles. The number of carbonyl (C=O) groups is 1. The third-order valence-corrected chi connectivity index (χ3v) is 3.55. The van der Waals surface area contributed by atoms with Crippen molar-refractivity contribution in [3.63, 3.8) is 0 Å². The molecular weight excluding hydrogens is 312 g/mol. The van der Waals surface area contributed by atoms with Crippen LogP contribution < -0.4 is 20.7 Å². The standard InChI is InChI=1S/C15H20N6O3/c1-3-4-5-23-15-18-13(16)12-14(19-15)21(8-11(22)17-12)7-10-6-9(2)24-20-10/h6H,3-5,7-8H2,1-2H3,(H,17,22)(H2,16,18,19). The number of carbonyl (C=O) groups excluding carboxylic acids is 1. The van der Waals surface area contributed by atoms with Crippen molar-refractivity contribution in [3.05, 3.63) is 17.5 Å². The van der Waals surface area contributed by atoms with E-state index in [1.165, 1.54) is 0 Å². The van der Waals surface area contributed by atoms with Gasteiger partial charge in [0, 0.05) is 6.07 Å². The van der Waals surface area contributed by atoms with Crippen LogP contribution in [-0.4, -0.2) is 34.2 Å². The Kier molecular flexibility index (Phi) is 4.50. The van der Waals surface area contributed by atoms with Gasteiger partial charge in [-0.25, -0.2) is 0 Å². The molecule has 0 unspecified atom stereocenters. The zero-order valence-electron chi connectivity index (χ0n) is 13.7. The lowest BCUT2D eigenvalue weighted by Crippen LogP contribution is -2.39. The molecule has 0 radical (unpaired) electrons. The first kappa shape index (κ1) is 16.0. The number of nitrogens with zero attached hydrogens (tertiary/aromatic N) is 4. The second-order valence-electron chi connectivity index (χ2n) is 5.63. The SMILES string of the molecule is CCCCOc1nc(N)c2c(n1)N(Cc1cc(C)on1)CC(=O)N2. The van der Waals surface area contributed by atoms with Crippen molar-refractivity contribution in [2.45, 2.75) is 33.2 Å². The zero-order chi connectivity index (χ0) is 17.1. The van der Waals surface area contributed by atoms with Gasteiger partial charge < -0.3 is 25.2 Å². The van der Waals surface area contributed by atoms with Gasteiger partial charge in [0.15, 0.2) is 11.6 Å². The summed E-state index contributed by atoms with van der Waals surface area (Å²) in [5, 5.41) is 6.67. The monoisotopic (exact) mass is 332 g/mol. The first-order valence-electron chi connectivity index (χ1n) is 7.84. The van der Waals surface area contributed by atoms with Gasteiger partial charge in [0.05, 0.1) is 19.7 Å². The molecule has 128 valence electrons. The van der Waals surface area contributed by atoms with E-state index in [-0.39, 0.29) is 24.3 Å². The molecule has 0 saturated heterocycles. The summed E-state index contributed by atoms with van der Waals surface area (Å²) in [5.41, 5.74) is 7.07. The van der Waals surface area contributed by atoms with Crippen LogP contribution >= 0.6 is 0 Å². The maximum atomic E-state index is 11.9. The van der Waals surface area contributed by atoms with E-state index in [9.17, 15) is 4.79 Å². The number of rotatable bonds is 6. The molecular formula is C15H20N6O3. The first-order valence-corrected chi connectivity index (χ1v) is 7.84.